The molecule has 1 aliphatic heterocycles. The van der Waals surface area contributed by atoms with Gasteiger partial charge in [-0.15, -0.1) is 0 Å². The molecule has 0 aromatic carbocycles. The predicted octanol–water partition coefficient (Wildman–Crippen LogP) is 3.66. The average molecular weight is 256 g/mol. The molecule has 0 aliphatic carbocycles. The first kappa shape index (κ1) is 14.7. The first-order valence-corrected chi connectivity index (χ1v) is 7.51. The predicted molar refractivity (Wildman–Crippen MR) is 79.4 cm³/mol. The van der Waals surface area contributed by atoms with Crippen molar-refractivity contribution in [2.24, 2.45) is 0 Å². The summed E-state index contributed by atoms with van der Waals surface area (Å²) in [5.41, 5.74) is 0.277. The van der Waals surface area contributed by atoms with Crippen molar-refractivity contribution < 1.29 is 0 Å². The van der Waals surface area contributed by atoms with Crippen LogP contribution in [0.5, 0.6) is 0 Å². The van der Waals surface area contributed by atoms with Crippen LogP contribution >= 0.6 is 12.2 Å². The highest BCUT2D eigenvalue weighted by Gasteiger charge is 2.45. The Morgan fingerprint density at radius 3 is 2.18 bits per heavy atom. The summed E-state index contributed by atoms with van der Waals surface area (Å²) in [6.45, 7) is 13.6. The molecule has 0 atom stereocenters. The van der Waals surface area contributed by atoms with Gasteiger partial charge in [0, 0.05) is 19.1 Å². The number of hydrogen-bond acceptors (Lipinski definition) is 1. The standard InChI is InChI=1S/C14H28N2S/c1-6-9-10-15-11-14(7-2,8-3)16(12(4)5)13(15)17/h12H,6-11H2,1-5H3. The Labute approximate surface area is 112 Å². The van der Waals surface area contributed by atoms with E-state index in [0.29, 0.717) is 6.04 Å². The lowest BCUT2D eigenvalue weighted by atomic mass is 9.91. The van der Waals surface area contributed by atoms with Crippen LogP contribution in [0.1, 0.15) is 60.3 Å². The maximum Gasteiger partial charge on any atom is 0.172 e. The summed E-state index contributed by atoms with van der Waals surface area (Å²) in [5, 5.41) is 1.08. The van der Waals surface area contributed by atoms with Gasteiger partial charge < -0.3 is 9.80 Å². The lowest BCUT2D eigenvalue weighted by Gasteiger charge is -2.39. The first-order valence-electron chi connectivity index (χ1n) is 7.10. The summed E-state index contributed by atoms with van der Waals surface area (Å²) < 4.78 is 0. The van der Waals surface area contributed by atoms with E-state index in [1.54, 1.807) is 0 Å². The molecule has 2 nitrogen and oxygen atoms in total. The Morgan fingerprint density at radius 2 is 1.82 bits per heavy atom. The number of unbranched alkanes of at least 4 members (excludes halogenated alkanes) is 1. The van der Waals surface area contributed by atoms with Crippen LogP contribution in [-0.2, 0) is 0 Å². The lowest BCUT2D eigenvalue weighted by Crippen LogP contribution is -2.49. The summed E-state index contributed by atoms with van der Waals surface area (Å²) >= 11 is 5.68. The van der Waals surface area contributed by atoms with Crippen LogP contribution in [0.4, 0.5) is 0 Å². The zero-order valence-corrected chi connectivity index (χ0v) is 12.9. The Kier molecular flexibility index (Phi) is 5.23. The van der Waals surface area contributed by atoms with E-state index in [9.17, 15) is 0 Å². The molecule has 0 unspecified atom stereocenters. The Morgan fingerprint density at radius 1 is 1.24 bits per heavy atom. The van der Waals surface area contributed by atoms with Crippen LogP contribution < -0.4 is 0 Å². The zero-order chi connectivity index (χ0) is 13.1. The fraction of sp³-hybridized carbons (Fsp3) is 0.929. The van der Waals surface area contributed by atoms with E-state index >= 15 is 0 Å². The SMILES string of the molecule is CCCCN1CC(CC)(CC)N(C(C)C)C1=S. The molecule has 17 heavy (non-hydrogen) atoms. The van der Waals surface area contributed by atoms with Gasteiger partial charge in [0.25, 0.3) is 0 Å². The molecule has 0 N–H and O–H groups in total. The lowest BCUT2D eigenvalue weighted by molar-refractivity contribution is 0.154. The van der Waals surface area contributed by atoms with Crippen molar-refractivity contribution in [3.63, 3.8) is 0 Å². The van der Waals surface area contributed by atoms with E-state index in [-0.39, 0.29) is 5.54 Å². The summed E-state index contributed by atoms with van der Waals surface area (Å²) in [5.74, 6) is 0. The molecular formula is C14H28N2S. The Balaban J connectivity index is 2.88. The van der Waals surface area contributed by atoms with Gasteiger partial charge in [-0.3, -0.25) is 0 Å². The van der Waals surface area contributed by atoms with E-state index in [1.165, 1.54) is 25.7 Å². The molecule has 0 aromatic rings. The minimum atomic E-state index is 0.277. The first-order chi connectivity index (χ1) is 8.02. The van der Waals surface area contributed by atoms with E-state index in [2.05, 4.69) is 44.4 Å². The Bertz CT molecular complexity index is 259. The van der Waals surface area contributed by atoms with Gasteiger partial charge in [-0.1, -0.05) is 27.2 Å². The second-order valence-electron chi connectivity index (χ2n) is 5.45. The van der Waals surface area contributed by atoms with Crippen molar-refractivity contribution in [3.8, 4) is 0 Å². The fourth-order valence-electron chi connectivity index (χ4n) is 2.96. The van der Waals surface area contributed by atoms with Crippen molar-refractivity contribution >= 4 is 17.3 Å². The van der Waals surface area contributed by atoms with Gasteiger partial charge in [0.15, 0.2) is 5.11 Å². The van der Waals surface area contributed by atoms with Gasteiger partial charge in [0.2, 0.25) is 0 Å². The highest BCUT2D eigenvalue weighted by atomic mass is 32.1. The second-order valence-corrected chi connectivity index (χ2v) is 5.82. The third-order valence-electron chi connectivity index (χ3n) is 4.09. The van der Waals surface area contributed by atoms with Crippen LogP contribution in [0.25, 0.3) is 0 Å². The van der Waals surface area contributed by atoms with Gasteiger partial charge in [-0.25, -0.2) is 0 Å². The third-order valence-corrected chi connectivity index (χ3v) is 4.54. The van der Waals surface area contributed by atoms with Gasteiger partial charge >= 0.3 is 0 Å². The highest BCUT2D eigenvalue weighted by Crippen LogP contribution is 2.34. The van der Waals surface area contributed by atoms with Crippen LogP contribution in [0.15, 0.2) is 0 Å². The maximum atomic E-state index is 5.68. The quantitative estimate of drug-likeness (QED) is 0.670. The minimum Gasteiger partial charge on any atom is -0.347 e. The molecule has 0 spiro atoms. The van der Waals surface area contributed by atoms with E-state index in [0.717, 1.165) is 18.2 Å². The summed E-state index contributed by atoms with van der Waals surface area (Å²) in [4.78, 5) is 4.91. The van der Waals surface area contributed by atoms with Crippen LogP contribution in [0, 0.1) is 0 Å². The van der Waals surface area contributed by atoms with Gasteiger partial charge in [-0.2, -0.15) is 0 Å². The summed E-state index contributed by atoms with van der Waals surface area (Å²) in [6.07, 6.45) is 4.86. The second kappa shape index (κ2) is 6.03. The van der Waals surface area contributed by atoms with E-state index in [4.69, 9.17) is 12.2 Å². The molecule has 1 fully saturated rings. The number of thiocarbonyl (C=S) groups is 1. The molecule has 0 saturated carbocycles. The topological polar surface area (TPSA) is 6.48 Å². The number of hydrogen-bond donors (Lipinski definition) is 0. The summed E-state index contributed by atoms with van der Waals surface area (Å²) in [7, 11) is 0. The molecule has 1 saturated heterocycles. The van der Waals surface area contributed by atoms with E-state index in [1.807, 2.05) is 0 Å². The Hall–Kier alpha value is -0.310. The minimum absolute atomic E-state index is 0.277. The molecule has 1 rings (SSSR count). The van der Waals surface area contributed by atoms with Crippen LogP contribution in [0.2, 0.25) is 0 Å². The molecule has 0 bridgehead atoms. The third kappa shape index (κ3) is 2.75. The largest absolute Gasteiger partial charge is 0.347 e. The van der Waals surface area contributed by atoms with E-state index < -0.39 is 0 Å². The van der Waals surface area contributed by atoms with Crippen molar-refractivity contribution in [2.45, 2.75) is 71.9 Å². The van der Waals surface area contributed by atoms with Gasteiger partial charge in [-0.05, 0) is 45.3 Å². The molecule has 0 aromatic heterocycles. The summed E-state index contributed by atoms with van der Waals surface area (Å²) in [6, 6.07) is 0.508. The van der Waals surface area contributed by atoms with Crippen molar-refractivity contribution in [1.82, 2.24) is 9.80 Å². The molecule has 1 heterocycles. The van der Waals surface area contributed by atoms with Crippen molar-refractivity contribution in [2.75, 3.05) is 13.1 Å². The van der Waals surface area contributed by atoms with Gasteiger partial charge in [0.05, 0.1) is 5.54 Å². The van der Waals surface area contributed by atoms with Crippen molar-refractivity contribution in [3.05, 3.63) is 0 Å². The normalized spacial score (nSPS) is 19.5. The number of nitrogens with zero attached hydrogens (tertiary/aromatic N) is 2. The molecule has 0 amide bonds. The molecule has 1 aliphatic rings. The monoisotopic (exact) mass is 256 g/mol. The van der Waals surface area contributed by atoms with Crippen LogP contribution in [-0.4, -0.2) is 39.6 Å². The van der Waals surface area contributed by atoms with Gasteiger partial charge in [0.1, 0.15) is 0 Å². The zero-order valence-electron chi connectivity index (χ0n) is 12.1. The maximum absolute atomic E-state index is 5.68. The van der Waals surface area contributed by atoms with Crippen molar-refractivity contribution in [1.29, 1.82) is 0 Å². The molecule has 100 valence electrons. The molecular weight excluding hydrogens is 228 g/mol. The number of rotatable bonds is 6. The fourth-order valence-corrected chi connectivity index (χ4v) is 3.52. The highest BCUT2D eigenvalue weighted by molar-refractivity contribution is 7.80. The molecule has 0 radical (unpaired) electrons. The average Bonchev–Trinajstić information content (AvgIpc) is 2.60. The smallest absolute Gasteiger partial charge is 0.172 e. The van der Waals surface area contributed by atoms with Crippen LogP contribution in [0.3, 0.4) is 0 Å². The molecule has 3 heteroatoms.